The molecule has 2 aromatic carbocycles. The lowest BCUT2D eigenvalue weighted by atomic mass is 10.1. The zero-order chi connectivity index (χ0) is 17.7. The van der Waals surface area contributed by atoms with Gasteiger partial charge in [-0.15, -0.1) is 0 Å². The normalized spacial score (nSPS) is 11.6. The third kappa shape index (κ3) is 4.77. The van der Waals surface area contributed by atoms with Crippen LogP contribution in [0.25, 0.3) is 6.08 Å². The van der Waals surface area contributed by atoms with Gasteiger partial charge < -0.3 is 15.5 Å². The van der Waals surface area contributed by atoms with Crippen LogP contribution in [0.2, 0.25) is 0 Å². The Balaban J connectivity index is 1.96. The zero-order valence-corrected chi connectivity index (χ0v) is 12.3. The van der Waals surface area contributed by atoms with Crippen molar-refractivity contribution in [2.24, 2.45) is 0 Å². The van der Waals surface area contributed by atoms with Crippen molar-refractivity contribution in [3.05, 3.63) is 65.2 Å². The van der Waals surface area contributed by atoms with Crippen molar-refractivity contribution < 1.29 is 28.2 Å². The molecule has 7 heteroatoms. The third-order valence-electron chi connectivity index (χ3n) is 3.15. The molecule has 0 aliphatic carbocycles. The Kier molecular flexibility index (Phi) is 5.13. The fraction of sp³-hybridized carbons (Fsp3) is 0.118. The summed E-state index contributed by atoms with van der Waals surface area (Å²) in [6, 6.07) is 8.73. The first-order chi connectivity index (χ1) is 11.3. The maximum atomic E-state index is 12.6. The molecule has 3 N–H and O–H groups in total. The van der Waals surface area contributed by atoms with E-state index in [-0.39, 0.29) is 18.0 Å². The highest BCUT2D eigenvalue weighted by molar-refractivity contribution is 5.91. The molecule has 0 atom stereocenters. The standard InChI is InChI=1S/C17H14F3NO3/c18-17(19,20)13-3-1-2-12(8-13)10-21-16(24)7-5-11-4-6-14(22)15(23)9-11/h1-9,22-23H,10H2,(H,21,24)/b7-5+. The van der Waals surface area contributed by atoms with Crippen LogP contribution >= 0.6 is 0 Å². The predicted octanol–water partition coefficient (Wildman–Crippen LogP) is 3.45. The van der Waals surface area contributed by atoms with Gasteiger partial charge in [0.25, 0.3) is 0 Å². The van der Waals surface area contributed by atoms with Gasteiger partial charge in [-0.2, -0.15) is 13.2 Å². The van der Waals surface area contributed by atoms with Crippen molar-refractivity contribution >= 4 is 12.0 Å². The second-order valence-electron chi connectivity index (χ2n) is 5.00. The molecule has 24 heavy (non-hydrogen) atoms. The van der Waals surface area contributed by atoms with E-state index in [1.54, 1.807) is 0 Å². The topological polar surface area (TPSA) is 69.6 Å². The molecule has 126 valence electrons. The molecule has 4 nitrogen and oxygen atoms in total. The van der Waals surface area contributed by atoms with Crippen molar-refractivity contribution in [1.82, 2.24) is 5.32 Å². The highest BCUT2D eigenvalue weighted by Gasteiger charge is 2.30. The summed E-state index contributed by atoms with van der Waals surface area (Å²) in [6.45, 7) is -0.0477. The molecule has 0 heterocycles. The van der Waals surface area contributed by atoms with Gasteiger partial charge in [0, 0.05) is 12.6 Å². The largest absolute Gasteiger partial charge is 0.504 e. The van der Waals surface area contributed by atoms with Crippen LogP contribution in [0.1, 0.15) is 16.7 Å². The van der Waals surface area contributed by atoms with Crippen LogP contribution in [0, 0.1) is 0 Å². The first-order valence-corrected chi connectivity index (χ1v) is 6.90. The van der Waals surface area contributed by atoms with Crippen molar-refractivity contribution in [3.63, 3.8) is 0 Å². The first-order valence-electron chi connectivity index (χ1n) is 6.90. The number of hydrogen-bond donors (Lipinski definition) is 3. The van der Waals surface area contributed by atoms with E-state index < -0.39 is 17.6 Å². The van der Waals surface area contributed by atoms with Crippen molar-refractivity contribution in [2.75, 3.05) is 0 Å². The summed E-state index contributed by atoms with van der Waals surface area (Å²) in [6.07, 6.45) is -1.85. The van der Waals surface area contributed by atoms with Gasteiger partial charge in [-0.05, 0) is 41.5 Å². The van der Waals surface area contributed by atoms with Crippen molar-refractivity contribution in [3.8, 4) is 11.5 Å². The molecule has 0 saturated heterocycles. The summed E-state index contributed by atoms with van der Waals surface area (Å²) in [5, 5.41) is 21.0. The van der Waals surface area contributed by atoms with E-state index in [0.717, 1.165) is 12.1 Å². The van der Waals surface area contributed by atoms with E-state index in [1.165, 1.54) is 42.5 Å². The van der Waals surface area contributed by atoms with Crippen LogP contribution in [-0.2, 0) is 17.5 Å². The molecule has 0 aromatic heterocycles. The summed E-state index contributed by atoms with van der Waals surface area (Å²) in [5.74, 6) is -1.09. The molecule has 0 unspecified atom stereocenters. The lowest BCUT2D eigenvalue weighted by Gasteiger charge is -2.09. The Hall–Kier alpha value is -2.96. The molecule has 0 spiro atoms. The summed E-state index contributed by atoms with van der Waals surface area (Å²) in [5.41, 5.74) is 0.0396. The summed E-state index contributed by atoms with van der Waals surface area (Å²) in [7, 11) is 0. The number of alkyl halides is 3. The molecule has 0 radical (unpaired) electrons. The smallest absolute Gasteiger partial charge is 0.416 e. The number of rotatable bonds is 4. The quantitative estimate of drug-likeness (QED) is 0.591. The maximum absolute atomic E-state index is 12.6. The fourth-order valence-electron chi connectivity index (χ4n) is 1.92. The van der Waals surface area contributed by atoms with E-state index in [2.05, 4.69) is 5.32 Å². The molecule has 0 aliphatic rings. The Morgan fingerprint density at radius 3 is 2.50 bits per heavy atom. The van der Waals surface area contributed by atoms with Crippen LogP contribution < -0.4 is 5.32 Å². The number of halogens is 3. The number of phenolic OH excluding ortho intramolecular Hbond substituents is 2. The number of nitrogens with one attached hydrogen (secondary N) is 1. The highest BCUT2D eigenvalue weighted by atomic mass is 19.4. The molecular formula is C17H14F3NO3. The van der Waals surface area contributed by atoms with Crippen LogP contribution in [0.5, 0.6) is 11.5 Å². The summed E-state index contributed by atoms with van der Waals surface area (Å²) < 4.78 is 37.8. The fourth-order valence-corrected chi connectivity index (χ4v) is 1.92. The summed E-state index contributed by atoms with van der Waals surface area (Å²) >= 11 is 0. The van der Waals surface area contributed by atoms with Gasteiger partial charge in [0.2, 0.25) is 5.91 Å². The number of aromatic hydroxyl groups is 2. The Labute approximate surface area is 135 Å². The number of carbonyl (C=O) groups excluding carboxylic acids is 1. The number of amides is 1. The van der Waals surface area contributed by atoms with Crippen molar-refractivity contribution in [1.29, 1.82) is 0 Å². The summed E-state index contributed by atoms with van der Waals surface area (Å²) in [4.78, 5) is 11.7. The van der Waals surface area contributed by atoms with Crippen LogP contribution in [0.3, 0.4) is 0 Å². The minimum absolute atomic E-state index is 0.0477. The van der Waals surface area contributed by atoms with E-state index in [0.29, 0.717) is 11.1 Å². The van der Waals surface area contributed by atoms with Gasteiger partial charge in [0.1, 0.15) is 0 Å². The molecule has 0 aliphatic heterocycles. The minimum atomic E-state index is -4.43. The number of phenols is 2. The number of hydrogen-bond acceptors (Lipinski definition) is 3. The molecule has 0 bridgehead atoms. The Morgan fingerprint density at radius 1 is 1.08 bits per heavy atom. The monoisotopic (exact) mass is 337 g/mol. The lowest BCUT2D eigenvalue weighted by molar-refractivity contribution is -0.137. The minimum Gasteiger partial charge on any atom is -0.504 e. The van der Waals surface area contributed by atoms with Crippen LogP contribution in [-0.4, -0.2) is 16.1 Å². The molecule has 0 saturated carbocycles. The van der Waals surface area contributed by atoms with Crippen molar-refractivity contribution in [2.45, 2.75) is 12.7 Å². The van der Waals surface area contributed by atoms with Crippen LogP contribution in [0.4, 0.5) is 13.2 Å². The average Bonchev–Trinajstić information content (AvgIpc) is 2.53. The molecule has 2 rings (SSSR count). The predicted molar refractivity (Wildman–Crippen MR) is 82.1 cm³/mol. The van der Waals surface area contributed by atoms with Gasteiger partial charge in [-0.3, -0.25) is 4.79 Å². The second-order valence-corrected chi connectivity index (χ2v) is 5.00. The first kappa shape index (κ1) is 17.4. The number of carbonyl (C=O) groups is 1. The van der Waals surface area contributed by atoms with Gasteiger partial charge >= 0.3 is 6.18 Å². The maximum Gasteiger partial charge on any atom is 0.416 e. The third-order valence-corrected chi connectivity index (χ3v) is 3.15. The molecule has 0 fully saturated rings. The van der Waals surface area contributed by atoms with E-state index >= 15 is 0 Å². The van der Waals surface area contributed by atoms with E-state index in [1.807, 2.05) is 0 Å². The second kappa shape index (κ2) is 7.08. The average molecular weight is 337 g/mol. The molecule has 1 amide bonds. The molecule has 2 aromatic rings. The van der Waals surface area contributed by atoms with E-state index in [4.69, 9.17) is 0 Å². The molecular weight excluding hydrogens is 323 g/mol. The lowest BCUT2D eigenvalue weighted by Crippen LogP contribution is -2.20. The van der Waals surface area contributed by atoms with Gasteiger partial charge in [-0.25, -0.2) is 0 Å². The van der Waals surface area contributed by atoms with Crippen LogP contribution in [0.15, 0.2) is 48.5 Å². The van der Waals surface area contributed by atoms with Gasteiger partial charge in [-0.1, -0.05) is 18.2 Å². The van der Waals surface area contributed by atoms with Gasteiger partial charge in [0.15, 0.2) is 11.5 Å². The number of benzene rings is 2. The Bertz CT molecular complexity index is 770. The zero-order valence-electron chi connectivity index (χ0n) is 12.3. The van der Waals surface area contributed by atoms with Gasteiger partial charge in [0.05, 0.1) is 5.56 Å². The van der Waals surface area contributed by atoms with E-state index in [9.17, 15) is 28.2 Å². The Morgan fingerprint density at radius 2 is 1.83 bits per heavy atom. The highest BCUT2D eigenvalue weighted by Crippen LogP contribution is 2.29. The SMILES string of the molecule is O=C(/C=C/c1ccc(O)c(O)c1)NCc1cccc(C(F)(F)F)c1.